The highest BCUT2D eigenvalue weighted by Gasteiger charge is 2.30. The summed E-state index contributed by atoms with van der Waals surface area (Å²) in [5, 5.41) is 0. The van der Waals surface area contributed by atoms with E-state index in [1.165, 1.54) is 0 Å². The summed E-state index contributed by atoms with van der Waals surface area (Å²) >= 11 is 0. The maximum Gasteiger partial charge on any atom is 0.306 e. The van der Waals surface area contributed by atoms with Crippen molar-refractivity contribution in [2.24, 2.45) is 0 Å². The zero-order valence-corrected chi connectivity index (χ0v) is 16.5. The number of hydrogen-bond acceptors (Lipinski definition) is 6. The topological polar surface area (TPSA) is 74.3 Å². The van der Waals surface area contributed by atoms with Crippen molar-refractivity contribution in [3.05, 3.63) is 24.3 Å². The van der Waals surface area contributed by atoms with Crippen LogP contribution in [0.1, 0.15) is 33.6 Å². The lowest BCUT2D eigenvalue weighted by molar-refractivity contribution is -0.164. The zero-order chi connectivity index (χ0) is 19.8. The highest BCUT2D eigenvalue weighted by atomic mass is 16.5. The third-order valence-electron chi connectivity index (χ3n) is 4.24. The van der Waals surface area contributed by atoms with Crippen molar-refractivity contribution in [1.29, 1.82) is 0 Å². The van der Waals surface area contributed by atoms with E-state index in [1.807, 2.05) is 38.1 Å². The first-order valence-corrected chi connectivity index (χ1v) is 9.29. The van der Waals surface area contributed by atoms with Gasteiger partial charge < -0.3 is 23.8 Å². The van der Waals surface area contributed by atoms with Gasteiger partial charge in [-0.3, -0.25) is 9.59 Å². The van der Waals surface area contributed by atoms with Crippen LogP contribution >= 0.6 is 0 Å². The van der Waals surface area contributed by atoms with Gasteiger partial charge in [-0.05, 0) is 51.5 Å². The van der Waals surface area contributed by atoms with Crippen LogP contribution in [0.2, 0.25) is 0 Å². The van der Waals surface area contributed by atoms with Gasteiger partial charge in [0.25, 0.3) is 5.91 Å². The van der Waals surface area contributed by atoms with E-state index in [0.29, 0.717) is 31.9 Å². The minimum absolute atomic E-state index is 0.0179. The van der Waals surface area contributed by atoms with Crippen LogP contribution in [0.3, 0.4) is 0 Å². The Hall–Kier alpha value is -2.28. The summed E-state index contributed by atoms with van der Waals surface area (Å²) in [5.74, 6) is 0.889. The van der Waals surface area contributed by atoms with Gasteiger partial charge in [-0.25, -0.2) is 0 Å². The number of morpholine rings is 1. The van der Waals surface area contributed by atoms with Gasteiger partial charge in [-0.2, -0.15) is 0 Å². The molecule has 3 unspecified atom stereocenters. The minimum Gasteiger partial charge on any atom is -0.497 e. The first-order chi connectivity index (χ1) is 12.9. The summed E-state index contributed by atoms with van der Waals surface area (Å²) in [6.07, 6.45) is -0.120. The van der Waals surface area contributed by atoms with Crippen LogP contribution in [0.15, 0.2) is 24.3 Å². The molecule has 3 atom stereocenters. The quantitative estimate of drug-likeness (QED) is 0.510. The Bertz CT molecular complexity index is 607. The van der Waals surface area contributed by atoms with Crippen LogP contribution in [0.5, 0.6) is 11.5 Å². The monoisotopic (exact) mass is 379 g/mol. The van der Waals surface area contributed by atoms with Gasteiger partial charge in [0.1, 0.15) is 11.5 Å². The second kappa shape index (κ2) is 10.2. The standard InChI is InChI=1S/C20H29NO6/c1-14-12-21(13-15(2)26-14)20(23)16(3)27-19(22)6-5-11-25-18-9-7-17(24-4)8-10-18/h7-10,14-16H,5-6,11-13H2,1-4H3. The molecule has 2 rings (SSSR count). The third-order valence-corrected chi connectivity index (χ3v) is 4.24. The molecule has 1 heterocycles. The van der Waals surface area contributed by atoms with Crippen LogP contribution < -0.4 is 9.47 Å². The number of benzene rings is 1. The molecule has 1 aliphatic rings. The smallest absolute Gasteiger partial charge is 0.306 e. The zero-order valence-electron chi connectivity index (χ0n) is 16.5. The molecule has 7 heteroatoms. The van der Waals surface area contributed by atoms with E-state index < -0.39 is 12.1 Å². The van der Waals surface area contributed by atoms with Crippen LogP contribution in [-0.4, -0.2) is 61.9 Å². The van der Waals surface area contributed by atoms with E-state index in [-0.39, 0.29) is 24.5 Å². The van der Waals surface area contributed by atoms with E-state index in [0.717, 1.165) is 5.75 Å². The SMILES string of the molecule is COc1ccc(OCCCC(=O)OC(C)C(=O)N2CC(C)OC(C)C2)cc1. The molecule has 1 aromatic carbocycles. The maximum absolute atomic E-state index is 12.5. The fraction of sp³-hybridized carbons (Fsp3) is 0.600. The Labute approximate surface area is 160 Å². The number of rotatable bonds is 8. The summed E-state index contributed by atoms with van der Waals surface area (Å²) in [7, 11) is 1.60. The van der Waals surface area contributed by atoms with E-state index >= 15 is 0 Å². The molecule has 27 heavy (non-hydrogen) atoms. The van der Waals surface area contributed by atoms with Crippen molar-refractivity contribution in [3.63, 3.8) is 0 Å². The number of carbonyl (C=O) groups is 2. The Morgan fingerprint density at radius 3 is 2.33 bits per heavy atom. The molecule has 0 radical (unpaired) electrons. The van der Waals surface area contributed by atoms with E-state index in [4.69, 9.17) is 18.9 Å². The molecule has 0 aromatic heterocycles. The molecule has 1 aromatic rings. The van der Waals surface area contributed by atoms with Crippen LogP contribution in [-0.2, 0) is 19.1 Å². The largest absolute Gasteiger partial charge is 0.497 e. The number of amides is 1. The lowest BCUT2D eigenvalue weighted by atomic mass is 10.2. The molecule has 1 saturated heterocycles. The number of ether oxygens (including phenoxy) is 4. The summed E-state index contributed by atoms with van der Waals surface area (Å²) in [6.45, 7) is 6.88. The fourth-order valence-corrected chi connectivity index (χ4v) is 3.00. The predicted molar refractivity (Wildman–Crippen MR) is 99.9 cm³/mol. The molecule has 7 nitrogen and oxygen atoms in total. The molecule has 1 fully saturated rings. The number of esters is 1. The lowest BCUT2D eigenvalue weighted by Gasteiger charge is -2.36. The van der Waals surface area contributed by atoms with Crippen LogP contribution in [0.4, 0.5) is 0 Å². The van der Waals surface area contributed by atoms with Crippen molar-refractivity contribution < 1.29 is 28.5 Å². The molecule has 0 saturated carbocycles. The molecule has 0 aliphatic carbocycles. The van der Waals surface area contributed by atoms with E-state index in [2.05, 4.69) is 0 Å². The number of hydrogen-bond donors (Lipinski definition) is 0. The Morgan fingerprint density at radius 2 is 1.74 bits per heavy atom. The highest BCUT2D eigenvalue weighted by Crippen LogP contribution is 2.17. The molecule has 150 valence electrons. The Morgan fingerprint density at radius 1 is 1.15 bits per heavy atom. The second-order valence-electron chi connectivity index (χ2n) is 6.76. The number of nitrogens with zero attached hydrogens (tertiary/aromatic N) is 1. The van der Waals surface area contributed by atoms with Crippen molar-refractivity contribution >= 4 is 11.9 Å². The van der Waals surface area contributed by atoms with Crippen molar-refractivity contribution in [2.75, 3.05) is 26.8 Å². The summed E-state index contributed by atoms with van der Waals surface area (Å²) in [6, 6.07) is 7.24. The van der Waals surface area contributed by atoms with Crippen LogP contribution in [0.25, 0.3) is 0 Å². The van der Waals surface area contributed by atoms with Crippen molar-refractivity contribution in [1.82, 2.24) is 4.90 Å². The average Bonchev–Trinajstić information content (AvgIpc) is 2.64. The van der Waals surface area contributed by atoms with Crippen molar-refractivity contribution in [3.8, 4) is 11.5 Å². The van der Waals surface area contributed by atoms with Gasteiger partial charge in [-0.15, -0.1) is 0 Å². The molecule has 0 bridgehead atoms. The highest BCUT2D eigenvalue weighted by molar-refractivity contribution is 5.83. The van der Waals surface area contributed by atoms with Crippen LogP contribution in [0, 0.1) is 0 Å². The third kappa shape index (κ3) is 6.75. The Balaban J connectivity index is 1.67. The first kappa shape index (κ1) is 21.0. The molecule has 1 amide bonds. The van der Waals surface area contributed by atoms with E-state index in [9.17, 15) is 9.59 Å². The lowest BCUT2D eigenvalue weighted by Crippen LogP contribution is -2.51. The number of carbonyl (C=O) groups excluding carboxylic acids is 2. The summed E-state index contributed by atoms with van der Waals surface area (Å²) in [4.78, 5) is 26.1. The van der Waals surface area contributed by atoms with Gasteiger partial charge >= 0.3 is 5.97 Å². The first-order valence-electron chi connectivity index (χ1n) is 9.29. The maximum atomic E-state index is 12.5. The van der Waals surface area contributed by atoms with Gasteiger partial charge in [0, 0.05) is 19.5 Å². The Kier molecular flexibility index (Phi) is 7.91. The molecule has 0 N–H and O–H groups in total. The normalized spacial score (nSPS) is 20.7. The average molecular weight is 379 g/mol. The summed E-state index contributed by atoms with van der Waals surface area (Å²) < 4.78 is 21.6. The fourth-order valence-electron chi connectivity index (χ4n) is 3.00. The van der Waals surface area contributed by atoms with E-state index in [1.54, 1.807) is 18.9 Å². The van der Waals surface area contributed by atoms with Crippen molar-refractivity contribution in [2.45, 2.75) is 51.9 Å². The van der Waals surface area contributed by atoms with Gasteiger partial charge in [-0.1, -0.05) is 0 Å². The predicted octanol–water partition coefficient (Wildman–Crippen LogP) is 2.42. The number of methoxy groups -OCH3 is 1. The molecule has 0 spiro atoms. The van der Waals surface area contributed by atoms with Gasteiger partial charge in [0.15, 0.2) is 6.10 Å². The molecular formula is C20H29NO6. The molecule has 1 aliphatic heterocycles. The minimum atomic E-state index is -0.794. The molecular weight excluding hydrogens is 350 g/mol. The summed E-state index contributed by atoms with van der Waals surface area (Å²) in [5.41, 5.74) is 0. The second-order valence-corrected chi connectivity index (χ2v) is 6.76. The van der Waals surface area contributed by atoms with Gasteiger partial charge in [0.05, 0.1) is 25.9 Å². The van der Waals surface area contributed by atoms with Gasteiger partial charge in [0.2, 0.25) is 0 Å².